The maximum Gasteiger partial charge on any atom is 0.236 e. The number of imidazole rings is 1. The number of fused-ring (bicyclic) bond motifs is 2. The molecule has 132 valence electrons. The highest BCUT2D eigenvalue weighted by atomic mass is 32.2. The second kappa shape index (κ2) is 6.97. The van der Waals surface area contributed by atoms with Crippen LogP contribution < -0.4 is 10.1 Å². The number of thioether (sulfide) groups is 1. The Bertz CT molecular complexity index is 1100. The first kappa shape index (κ1) is 16.9. The van der Waals surface area contributed by atoms with Crippen LogP contribution in [0, 0.1) is 6.92 Å². The Hall–Kier alpha value is -2.58. The van der Waals surface area contributed by atoms with Crippen LogP contribution in [0.25, 0.3) is 21.3 Å². The number of carbonyl (C=O) groups excluding carboxylic acids is 1. The van der Waals surface area contributed by atoms with Gasteiger partial charge in [-0.1, -0.05) is 29.2 Å². The van der Waals surface area contributed by atoms with E-state index in [0.29, 0.717) is 5.13 Å². The number of aryl methyl sites for hydroxylation is 1. The number of nitrogens with one attached hydrogen (secondary N) is 2. The summed E-state index contributed by atoms with van der Waals surface area (Å²) >= 11 is 2.81. The molecule has 0 spiro atoms. The molecule has 2 aromatic carbocycles. The summed E-state index contributed by atoms with van der Waals surface area (Å²) in [5, 5.41) is 4.16. The van der Waals surface area contributed by atoms with Crippen LogP contribution in [0.1, 0.15) is 5.56 Å². The first-order valence-corrected chi connectivity index (χ1v) is 9.74. The number of hydrogen-bond donors (Lipinski definition) is 2. The van der Waals surface area contributed by atoms with E-state index in [1.165, 1.54) is 28.7 Å². The highest BCUT2D eigenvalue weighted by Crippen LogP contribution is 2.29. The lowest BCUT2D eigenvalue weighted by Gasteiger charge is -1.99. The summed E-state index contributed by atoms with van der Waals surface area (Å²) in [6.07, 6.45) is 0. The number of benzene rings is 2. The number of anilines is 1. The van der Waals surface area contributed by atoms with E-state index in [-0.39, 0.29) is 11.7 Å². The first-order valence-electron chi connectivity index (χ1n) is 7.94. The lowest BCUT2D eigenvalue weighted by Crippen LogP contribution is -2.13. The molecule has 0 aliphatic heterocycles. The van der Waals surface area contributed by atoms with Gasteiger partial charge in [-0.05, 0) is 36.8 Å². The summed E-state index contributed by atoms with van der Waals surface area (Å²) in [4.78, 5) is 24.4. The third-order valence-corrected chi connectivity index (χ3v) is 5.62. The van der Waals surface area contributed by atoms with E-state index in [1.54, 1.807) is 7.11 Å². The average molecular weight is 384 g/mol. The number of amides is 1. The molecule has 1 amide bonds. The van der Waals surface area contributed by atoms with Crippen molar-refractivity contribution in [2.24, 2.45) is 0 Å². The molecule has 4 aromatic rings. The molecule has 0 atom stereocenters. The number of hydrogen-bond acceptors (Lipinski definition) is 6. The van der Waals surface area contributed by atoms with E-state index < -0.39 is 0 Å². The predicted octanol–water partition coefficient (Wildman–Crippen LogP) is 4.22. The standard InChI is InChI=1S/C18H16N4O2S2/c1-10-3-5-12-13(7-10)20-17(19-12)25-9-16(23)22-18-21-14-8-11(24-2)4-6-15(14)26-18/h3-8H,9H2,1-2H3,(H,19,20)(H,21,22,23). The number of carbonyl (C=O) groups is 1. The van der Waals surface area contributed by atoms with Gasteiger partial charge in [0.2, 0.25) is 5.91 Å². The maximum absolute atomic E-state index is 12.2. The third kappa shape index (κ3) is 3.51. The minimum Gasteiger partial charge on any atom is -0.497 e. The fourth-order valence-corrected chi connectivity index (χ4v) is 4.09. The minimum absolute atomic E-state index is 0.113. The van der Waals surface area contributed by atoms with Gasteiger partial charge in [0, 0.05) is 6.07 Å². The summed E-state index contributed by atoms with van der Waals surface area (Å²) in [6.45, 7) is 2.04. The topological polar surface area (TPSA) is 79.9 Å². The predicted molar refractivity (Wildman–Crippen MR) is 106 cm³/mol. The third-order valence-electron chi connectivity index (χ3n) is 3.80. The van der Waals surface area contributed by atoms with E-state index in [1.807, 2.05) is 43.3 Å². The van der Waals surface area contributed by atoms with E-state index in [0.717, 1.165) is 32.2 Å². The molecule has 0 aliphatic rings. The molecule has 4 rings (SSSR count). The van der Waals surface area contributed by atoms with Gasteiger partial charge in [0.15, 0.2) is 10.3 Å². The Labute approximate surface area is 158 Å². The number of aromatic amines is 1. The van der Waals surface area contributed by atoms with E-state index in [2.05, 4.69) is 20.3 Å². The summed E-state index contributed by atoms with van der Waals surface area (Å²) < 4.78 is 6.20. The van der Waals surface area contributed by atoms with Gasteiger partial charge in [0.1, 0.15) is 5.75 Å². The van der Waals surface area contributed by atoms with Gasteiger partial charge in [-0.25, -0.2) is 9.97 Å². The van der Waals surface area contributed by atoms with Crippen molar-refractivity contribution in [2.75, 3.05) is 18.2 Å². The molecule has 2 heterocycles. The number of thiazole rings is 1. The molecule has 0 fully saturated rings. The van der Waals surface area contributed by atoms with E-state index in [9.17, 15) is 4.79 Å². The lowest BCUT2D eigenvalue weighted by molar-refractivity contribution is -0.113. The zero-order valence-corrected chi connectivity index (χ0v) is 15.8. The molecule has 2 aromatic heterocycles. The molecule has 0 radical (unpaired) electrons. The van der Waals surface area contributed by atoms with Gasteiger partial charge in [-0.2, -0.15) is 0 Å². The number of nitrogens with zero attached hydrogens (tertiary/aromatic N) is 2. The van der Waals surface area contributed by atoms with Crippen LogP contribution in [-0.4, -0.2) is 33.7 Å². The Morgan fingerprint density at radius 3 is 2.96 bits per heavy atom. The summed E-state index contributed by atoms with van der Waals surface area (Å²) in [5.74, 6) is 0.895. The SMILES string of the molecule is COc1ccc2sc(NC(=O)CSc3nc4ccc(C)cc4[nH]3)nc2c1. The van der Waals surface area contributed by atoms with Crippen molar-refractivity contribution in [3.05, 3.63) is 42.0 Å². The van der Waals surface area contributed by atoms with Crippen LogP contribution in [0.15, 0.2) is 41.6 Å². The van der Waals surface area contributed by atoms with E-state index in [4.69, 9.17) is 4.74 Å². The molecule has 0 unspecified atom stereocenters. The fourth-order valence-electron chi connectivity index (χ4n) is 2.55. The molecular formula is C18H16N4O2S2. The van der Waals surface area contributed by atoms with Crippen LogP contribution in [0.5, 0.6) is 5.75 Å². The number of aromatic nitrogens is 3. The highest BCUT2D eigenvalue weighted by Gasteiger charge is 2.11. The number of ether oxygens (including phenoxy) is 1. The van der Waals surface area contributed by atoms with Crippen molar-refractivity contribution in [3.63, 3.8) is 0 Å². The molecule has 8 heteroatoms. The largest absolute Gasteiger partial charge is 0.497 e. The zero-order valence-electron chi connectivity index (χ0n) is 14.2. The van der Waals surface area contributed by atoms with Crippen molar-refractivity contribution in [2.45, 2.75) is 12.1 Å². The van der Waals surface area contributed by atoms with E-state index >= 15 is 0 Å². The molecule has 26 heavy (non-hydrogen) atoms. The van der Waals surface area contributed by atoms with Crippen molar-refractivity contribution in [1.82, 2.24) is 15.0 Å². The quantitative estimate of drug-likeness (QED) is 0.504. The van der Waals surface area contributed by atoms with Gasteiger partial charge < -0.3 is 15.0 Å². The van der Waals surface area contributed by atoms with Crippen LogP contribution in [0.2, 0.25) is 0 Å². The van der Waals surface area contributed by atoms with Crippen LogP contribution in [0.3, 0.4) is 0 Å². The molecule has 2 N–H and O–H groups in total. The van der Waals surface area contributed by atoms with Gasteiger partial charge in [0.25, 0.3) is 0 Å². The molecule has 0 saturated heterocycles. The Balaban J connectivity index is 1.41. The zero-order chi connectivity index (χ0) is 18.1. The fraction of sp³-hybridized carbons (Fsp3) is 0.167. The van der Waals surface area contributed by atoms with Gasteiger partial charge in [-0.3, -0.25) is 4.79 Å². The molecule has 0 aliphatic carbocycles. The number of H-pyrrole nitrogens is 1. The second-order valence-corrected chi connectivity index (χ2v) is 7.75. The van der Waals surface area contributed by atoms with Crippen molar-refractivity contribution < 1.29 is 9.53 Å². The van der Waals surface area contributed by atoms with Crippen LogP contribution in [-0.2, 0) is 4.79 Å². The van der Waals surface area contributed by atoms with Crippen LogP contribution >= 0.6 is 23.1 Å². The Morgan fingerprint density at radius 2 is 2.12 bits per heavy atom. The van der Waals surface area contributed by atoms with Crippen molar-refractivity contribution in [3.8, 4) is 5.75 Å². The van der Waals surface area contributed by atoms with Crippen LogP contribution in [0.4, 0.5) is 5.13 Å². The number of rotatable bonds is 5. The summed E-state index contributed by atoms with van der Waals surface area (Å²) in [7, 11) is 1.62. The average Bonchev–Trinajstić information content (AvgIpc) is 3.21. The monoisotopic (exact) mass is 384 g/mol. The molecule has 0 bridgehead atoms. The Morgan fingerprint density at radius 1 is 1.23 bits per heavy atom. The summed E-state index contributed by atoms with van der Waals surface area (Å²) in [5.41, 5.74) is 3.86. The van der Waals surface area contributed by atoms with Crippen molar-refractivity contribution >= 4 is 55.4 Å². The van der Waals surface area contributed by atoms with Crippen molar-refractivity contribution in [1.29, 1.82) is 0 Å². The summed E-state index contributed by atoms with van der Waals surface area (Å²) in [6, 6.07) is 11.7. The molecule has 6 nitrogen and oxygen atoms in total. The van der Waals surface area contributed by atoms with Gasteiger partial charge >= 0.3 is 0 Å². The molecular weight excluding hydrogens is 368 g/mol. The smallest absolute Gasteiger partial charge is 0.236 e. The highest BCUT2D eigenvalue weighted by molar-refractivity contribution is 7.99. The van der Waals surface area contributed by atoms with Gasteiger partial charge in [0.05, 0.1) is 34.1 Å². The van der Waals surface area contributed by atoms with Gasteiger partial charge in [-0.15, -0.1) is 0 Å². The normalized spacial score (nSPS) is 11.2. The molecule has 0 saturated carbocycles. The second-order valence-electron chi connectivity index (χ2n) is 5.75. The maximum atomic E-state index is 12.2. The number of methoxy groups -OCH3 is 1. The lowest BCUT2D eigenvalue weighted by atomic mass is 10.2. The Kier molecular flexibility index (Phi) is 4.52. The minimum atomic E-state index is -0.113. The first-order chi connectivity index (χ1) is 12.6.